The molecule has 1 saturated heterocycles. The molecular weight excluding hydrogens is 352 g/mol. The second kappa shape index (κ2) is 6.49. The topological polar surface area (TPSA) is 82.4 Å². The van der Waals surface area contributed by atoms with Crippen LogP contribution in [0.2, 0.25) is 0 Å². The minimum absolute atomic E-state index is 0.0628. The number of carbonyl (C=O) groups excluding carboxylic acids is 2. The first-order valence-corrected chi connectivity index (χ1v) is 9.64. The van der Waals surface area contributed by atoms with E-state index in [2.05, 4.69) is 23.2 Å². The molecular formula is C22H22N4O2. The summed E-state index contributed by atoms with van der Waals surface area (Å²) in [5.41, 5.74) is 4.45. The minimum Gasteiger partial charge on any atom is -0.356 e. The highest BCUT2D eigenvalue weighted by Crippen LogP contribution is 2.40. The van der Waals surface area contributed by atoms with Crippen molar-refractivity contribution in [3.8, 4) is 0 Å². The van der Waals surface area contributed by atoms with Gasteiger partial charge in [0.05, 0.1) is 6.04 Å². The molecule has 0 bridgehead atoms. The molecule has 0 saturated carbocycles. The van der Waals surface area contributed by atoms with E-state index < -0.39 is 6.04 Å². The highest BCUT2D eigenvalue weighted by molar-refractivity contribution is 5.97. The fourth-order valence-corrected chi connectivity index (χ4v) is 4.66. The van der Waals surface area contributed by atoms with Gasteiger partial charge in [0, 0.05) is 23.0 Å². The van der Waals surface area contributed by atoms with Gasteiger partial charge in [-0.15, -0.1) is 0 Å². The van der Waals surface area contributed by atoms with E-state index in [1.54, 1.807) is 4.90 Å². The van der Waals surface area contributed by atoms with E-state index in [-0.39, 0.29) is 24.4 Å². The van der Waals surface area contributed by atoms with Crippen LogP contribution in [-0.2, 0) is 22.4 Å². The van der Waals surface area contributed by atoms with Gasteiger partial charge in [-0.05, 0) is 30.0 Å². The van der Waals surface area contributed by atoms with Crippen molar-refractivity contribution in [3.05, 3.63) is 71.4 Å². The summed E-state index contributed by atoms with van der Waals surface area (Å²) in [5, 5.41) is 2.19. The number of hydrogen-bond acceptors (Lipinski definition) is 3. The summed E-state index contributed by atoms with van der Waals surface area (Å²) in [6.45, 7) is -0.0628. The molecule has 142 valence electrons. The number of nitrogens with zero attached hydrogens (tertiary/aromatic N) is 2. The van der Waals surface area contributed by atoms with Gasteiger partial charge in [-0.2, -0.15) is 0 Å². The molecule has 2 atom stereocenters. The molecule has 6 heteroatoms. The highest BCUT2D eigenvalue weighted by Gasteiger charge is 2.46. The molecule has 0 spiro atoms. The number of fused-ring (bicyclic) bond motifs is 4. The quantitative estimate of drug-likeness (QED) is 0.545. The van der Waals surface area contributed by atoms with Crippen molar-refractivity contribution in [1.29, 1.82) is 0 Å². The van der Waals surface area contributed by atoms with Crippen molar-refractivity contribution < 1.29 is 9.59 Å². The first-order valence-electron chi connectivity index (χ1n) is 9.64. The number of piperazine rings is 1. The molecule has 1 fully saturated rings. The van der Waals surface area contributed by atoms with Gasteiger partial charge in [-0.3, -0.25) is 14.6 Å². The second-order valence-corrected chi connectivity index (χ2v) is 7.59. The fraction of sp³-hybridized carbons (Fsp3) is 0.273. The summed E-state index contributed by atoms with van der Waals surface area (Å²) >= 11 is 0. The summed E-state index contributed by atoms with van der Waals surface area (Å²) in [4.78, 5) is 31.0. The minimum atomic E-state index is -0.529. The smallest absolute Gasteiger partial charge is 0.260 e. The number of hydrazine groups is 1. The molecule has 0 aliphatic carbocycles. The third-order valence-electron chi connectivity index (χ3n) is 5.96. The Kier molecular flexibility index (Phi) is 3.94. The van der Waals surface area contributed by atoms with Crippen molar-refractivity contribution in [3.63, 3.8) is 0 Å². The number of rotatable bonds is 3. The molecule has 3 aromatic rings. The first-order chi connectivity index (χ1) is 13.6. The molecule has 0 radical (unpaired) electrons. The summed E-state index contributed by atoms with van der Waals surface area (Å²) in [6, 6.07) is 17.7. The predicted molar refractivity (Wildman–Crippen MR) is 106 cm³/mol. The molecule has 5 rings (SSSR count). The molecule has 6 nitrogen and oxygen atoms in total. The van der Waals surface area contributed by atoms with Crippen molar-refractivity contribution in [1.82, 2.24) is 14.9 Å². The lowest BCUT2D eigenvalue weighted by molar-refractivity contribution is -0.160. The lowest BCUT2D eigenvalue weighted by Gasteiger charge is -2.46. The van der Waals surface area contributed by atoms with Crippen LogP contribution in [0.3, 0.4) is 0 Å². The Morgan fingerprint density at radius 2 is 1.79 bits per heavy atom. The van der Waals surface area contributed by atoms with Crippen LogP contribution in [0.5, 0.6) is 0 Å². The zero-order chi connectivity index (χ0) is 19.3. The standard InChI is InChI=1S/C22H22N4O2/c23-25-13-20(27)26-18(11-10-14-6-2-1-3-7-14)21-16(12-19(26)22(25)28)15-8-4-5-9-17(15)24-21/h1-9,18-19,24H,10-13,23H2/t18?,19-/m1/s1. The molecule has 1 aromatic heterocycles. The Morgan fingerprint density at radius 3 is 2.61 bits per heavy atom. The maximum atomic E-state index is 12.9. The highest BCUT2D eigenvalue weighted by atomic mass is 16.2. The third kappa shape index (κ3) is 2.60. The number of aromatic nitrogens is 1. The average Bonchev–Trinajstić information content (AvgIpc) is 3.09. The molecule has 2 aliphatic rings. The SMILES string of the molecule is NN1CC(=O)N2C(CCc3ccccc3)c3[nH]c4ccccc4c3C[C@@H]2C1=O. The van der Waals surface area contributed by atoms with Crippen LogP contribution in [0.1, 0.15) is 29.3 Å². The van der Waals surface area contributed by atoms with Gasteiger partial charge in [-0.1, -0.05) is 48.5 Å². The molecule has 1 unspecified atom stereocenters. The number of para-hydroxylation sites is 1. The largest absolute Gasteiger partial charge is 0.356 e. The number of H-pyrrole nitrogens is 1. The Balaban J connectivity index is 1.59. The lowest BCUT2D eigenvalue weighted by atomic mass is 9.87. The number of carbonyl (C=O) groups is 2. The first kappa shape index (κ1) is 17.0. The zero-order valence-electron chi connectivity index (χ0n) is 15.5. The Labute approximate surface area is 162 Å². The summed E-state index contributed by atoms with van der Waals surface area (Å²) in [6.07, 6.45) is 2.08. The van der Waals surface area contributed by atoms with Gasteiger partial charge in [0.25, 0.3) is 5.91 Å². The molecule has 28 heavy (non-hydrogen) atoms. The maximum Gasteiger partial charge on any atom is 0.260 e. The molecule has 2 aromatic carbocycles. The van der Waals surface area contributed by atoms with E-state index in [0.717, 1.165) is 40.0 Å². The van der Waals surface area contributed by atoms with Crippen LogP contribution < -0.4 is 5.84 Å². The number of nitrogens with two attached hydrogens (primary N) is 1. The fourth-order valence-electron chi connectivity index (χ4n) is 4.66. The molecule has 3 heterocycles. The van der Waals surface area contributed by atoms with Crippen LogP contribution in [0.25, 0.3) is 10.9 Å². The number of nitrogens with one attached hydrogen (secondary N) is 1. The monoisotopic (exact) mass is 374 g/mol. The van der Waals surface area contributed by atoms with Gasteiger partial charge in [0.2, 0.25) is 5.91 Å². The Hall–Kier alpha value is -3.12. The maximum absolute atomic E-state index is 12.9. The number of benzene rings is 2. The van der Waals surface area contributed by atoms with E-state index in [4.69, 9.17) is 5.84 Å². The summed E-state index contributed by atoms with van der Waals surface area (Å²) < 4.78 is 0. The predicted octanol–water partition coefficient (Wildman–Crippen LogP) is 2.31. The second-order valence-electron chi connectivity index (χ2n) is 7.59. The van der Waals surface area contributed by atoms with Crippen LogP contribution in [0, 0.1) is 0 Å². The van der Waals surface area contributed by atoms with Crippen molar-refractivity contribution in [2.75, 3.05) is 6.54 Å². The van der Waals surface area contributed by atoms with Crippen molar-refractivity contribution >= 4 is 22.7 Å². The van der Waals surface area contributed by atoms with E-state index in [1.165, 1.54) is 5.56 Å². The molecule has 2 aliphatic heterocycles. The van der Waals surface area contributed by atoms with E-state index >= 15 is 0 Å². The number of aryl methyl sites for hydroxylation is 1. The van der Waals surface area contributed by atoms with Gasteiger partial charge >= 0.3 is 0 Å². The van der Waals surface area contributed by atoms with E-state index in [1.807, 2.05) is 36.4 Å². The van der Waals surface area contributed by atoms with E-state index in [9.17, 15) is 9.59 Å². The zero-order valence-corrected chi connectivity index (χ0v) is 15.5. The van der Waals surface area contributed by atoms with Crippen molar-refractivity contribution in [2.24, 2.45) is 5.84 Å². The van der Waals surface area contributed by atoms with Gasteiger partial charge < -0.3 is 9.88 Å². The van der Waals surface area contributed by atoms with Crippen LogP contribution >= 0.6 is 0 Å². The number of amides is 2. The van der Waals surface area contributed by atoms with Crippen molar-refractivity contribution in [2.45, 2.75) is 31.3 Å². The van der Waals surface area contributed by atoms with Gasteiger partial charge in [0.1, 0.15) is 12.6 Å². The summed E-state index contributed by atoms with van der Waals surface area (Å²) in [7, 11) is 0. The third-order valence-corrected chi connectivity index (χ3v) is 5.96. The van der Waals surface area contributed by atoms with Crippen LogP contribution in [-0.4, -0.2) is 39.3 Å². The lowest BCUT2D eigenvalue weighted by Crippen LogP contribution is -2.64. The number of aromatic amines is 1. The Morgan fingerprint density at radius 1 is 1.04 bits per heavy atom. The van der Waals surface area contributed by atoms with Gasteiger partial charge in [0.15, 0.2) is 0 Å². The van der Waals surface area contributed by atoms with Crippen LogP contribution in [0.4, 0.5) is 0 Å². The average molecular weight is 374 g/mol. The van der Waals surface area contributed by atoms with Gasteiger partial charge in [-0.25, -0.2) is 5.84 Å². The van der Waals surface area contributed by atoms with Crippen LogP contribution in [0.15, 0.2) is 54.6 Å². The molecule has 2 amide bonds. The Bertz CT molecular complexity index is 1060. The summed E-state index contributed by atoms with van der Waals surface area (Å²) in [5.74, 6) is 5.55. The number of hydrogen-bond donors (Lipinski definition) is 2. The normalized spacial score (nSPS) is 21.8. The van der Waals surface area contributed by atoms with E-state index in [0.29, 0.717) is 6.42 Å². The molecule has 3 N–H and O–H groups in total.